The number of aliphatic hydroxyl groups is 1. The number of aryl methyl sites for hydroxylation is 2. The van der Waals surface area contributed by atoms with E-state index in [0.29, 0.717) is 34.5 Å². The largest absolute Gasteiger partial charge is 0.491 e. The number of likely N-dealkylation sites (N-methyl/N-ethyl adjacent to an activating group) is 1. The van der Waals surface area contributed by atoms with Crippen LogP contribution in [-0.4, -0.2) is 64.8 Å². The molecule has 9 nitrogen and oxygen atoms in total. The molecule has 1 aliphatic heterocycles. The first-order chi connectivity index (χ1) is 17.7. The Morgan fingerprint density at radius 1 is 1.16 bits per heavy atom. The summed E-state index contributed by atoms with van der Waals surface area (Å²) in [6.07, 6.45) is 1.44. The molecule has 200 valence electrons. The Bertz CT molecular complexity index is 1200. The van der Waals surface area contributed by atoms with Gasteiger partial charge in [0.25, 0.3) is 0 Å². The van der Waals surface area contributed by atoms with Crippen molar-refractivity contribution < 1.29 is 19.1 Å². The van der Waals surface area contributed by atoms with Crippen molar-refractivity contribution in [3.05, 3.63) is 40.2 Å². The first kappa shape index (κ1) is 27.3. The smallest absolute Gasteiger partial charge is 0.163 e. The Balaban J connectivity index is 1.76. The second kappa shape index (κ2) is 11.8. The van der Waals surface area contributed by atoms with E-state index in [1.54, 1.807) is 25.2 Å². The third-order valence-electron chi connectivity index (χ3n) is 6.52. The van der Waals surface area contributed by atoms with Gasteiger partial charge in [0.15, 0.2) is 5.82 Å². The SMILES string of the molecule is CNCC(O)COc1ccc(Cl)c(-c2nc(NC3CC(C)OC(C)C3)c(C)c(-c3c(C)noc3C)n2)c1. The molecule has 1 aliphatic rings. The van der Waals surface area contributed by atoms with Gasteiger partial charge in [-0.25, -0.2) is 9.97 Å². The summed E-state index contributed by atoms with van der Waals surface area (Å²) in [6, 6.07) is 5.53. The summed E-state index contributed by atoms with van der Waals surface area (Å²) in [5, 5.41) is 21.3. The van der Waals surface area contributed by atoms with Crippen LogP contribution in [0.3, 0.4) is 0 Å². The van der Waals surface area contributed by atoms with Crippen molar-refractivity contribution in [3.8, 4) is 28.4 Å². The Kier molecular flexibility index (Phi) is 8.69. The van der Waals surface area contributed by atoms with Gasteiger partial charge in [0, 0.05) is 23.7 Å². The lowest BCUT2D eigenvalue weighted by molar-refractivity contribution is -0.0338. The number of hydrogen-bond donors (Lipinski definition) is 3. The maximum absolute atomic E-state index is 10.0. The molecule has 0 saturated carbocycles. The number of nitrogens with one attached hydrogen (secondary N) is 2. The van der Waals surface area contributed by atoms with Crippen molar-refractivity contribution in [1.29, 1.82) is 0 Å². The topological polar surface area (TPSA) is 115 Å². The first-order valence-corrected chi connectivity index (χ1v) is 13.0. The number of aliphatic hydroxyl groups excluding tert-OH is 1. The molecule has 3 atom stereocenters. The maximum atomic E-state index is 10.0. The van der Waals surface area contributed by atoms with E-state index in [4.69, 9.17) is 35.6 Å². The molecular formula is C27H36ClN5O4. The normalized spacial score (nSPS) is 20.6. The lowest BCUT2D eigenvalue weighted by atomic mass is 9.99. The average molecular weight is 530 g/mol. The van der Waals surface area contributed by atoms with Crippen molar-refractivity contribution in [1.82, 2.24) is 20.4 Å². The lowest BCUT2D eigenvalue weighted by Crippen LogP contribution is -2.37. The van der Waals surface area contributed by atoms with Gasteiger partial charge in [-0.3, -0.25) is 0 Å². The molecule has 0 amide bonds. The van der Waals surface area contributed by atoms with Crippen molar-refractivity contribution >= 4 is 17.4 Å². The zero-order valence-electron chi connectivity index (χ0n) is 22.3. The number of halogens is 1. The maximum Gasteiger partial charge on any atom is 0.163 e. The molecule has 1 aromatic carbocycles. The Hall–Kier alpha value is -2.72. The summed E-state index contributed by atoms with van der Waals surface area (Å²) in [7, 11) is 1.78. The number of aromatic nitrogens is 3. The number of ether oxygens (including phenoxy) is 2. The summed E-state index contributed by atoms with van der Waals surface area (Å²) < 4.78 is 17.2. The van der Waals surface area contributed by atoms with Crippen LogP contribution in [0.25, 0.3) is 22.6 Å². The van der Waals surface area contributed by atoms with Gasteiger partial charge in [0.1, 0.15) is 30.0 Å². The van der Waals surface area contributed by atoms with E-state index in [0.717, 1.165) is 41.2 Å². The molecule has 0 aliphatic carbocycles. The minimum atomic E-state index is -0.633. The van der Waals surface area contributed by atoms with Gasteiger partial charge in [0.2, 0.25) is 0 Å². The fourth-order valence-corrected chi connectivity index (χ4v) is 5.01. The van der Waals surface area contributed by atoms with Gasteiger partial charge in [-0.2, -0.15) is 0 Å². The van der Waals surface area contributed by atoms with E-state index < -0.39 is 6.10 Å². The Labute approximate surface area is 222 Å². The van der Waals surface area contributed by atoms with Gasteiger partial charge < -0.3 is 29.7 Å². The van der Waals surface area contributed by atoms with Crippen LogP contribution in [0.4, 0.5) is 5.82 Å². The van der Waals surface area contributed by atoms with Crippen molar-refractivity contribution in [3.63, 3.8) is 0 Å². The van der Waals surface area contributed by atoms with Crippen LogP contribution in [0.15, 0.2) is 22.7 Å². The molecule has 0 radical (unpaired) electrons. The Morgan fingerprint density at radius 2 is 1.89 bits per heavy atom. The van der Waals surface area contributed by atoms with Gasteiger partial charge in [0.05, 0.1) is 34.2 Å². The van der Waals surface area contributed by atoms with E-state index in [2.05, 4.69) is 29.6 Å². The number of anilines is 1. The highest BCUT2D eigenvalue weighted by Gasteiger charge is 2.27. The van der Waals surface area contributed by atoms with E-state index in [1.807, 2.05) is 20.8 Å². The highest BCUT2D eigenvalue weighted by Crippen LogP contribution is 2.36. The minimum absolute atomic E-state index is 0.147. The van der Waals surface area contributed by atoms with E-state index in [9.17, 15) is 5.11 Å². The van der Waals surface area contributed by atoms with Gasteiger partial charge in [-0.05, 0) is 72.7 Å². The van der Waals surface area contributed by atoms with Crippen LogP contribution in [-0.2, 0) is 4.74 Å². The molecule has 2 aromatic heterocycles. The van der Waals surface area contributed by atoms with E-state index in [-0.39, 0.29) is 24.9 Å². The molecule has 4 rings (SSSR count). The number of rotatable bonds is 9. The summed E-state index contributed by atoms with van der Waals surface area (Å²) in [6.45, 7) is 10.6. The molecular weight excluding hydrogens is 494 g/mol. The third kappa shape index (κ3) is 6.41. The van der Waals surface area contributed by atoms with Gasteiger partial charge >= 0.3 is 0 Å². The fraction of sp³-hybridized carbons (Fsp3) is 0.519. The van der Waals surface area contributed by atoms with Crippen LogP contribution in [0.1, 0.15) is 43.7 Å². The van der Waals surface area contributed by atoms with E-state index in [1.165, 1.54) is 0 Å². The molecule has 1 fully saturated rings. The lowest BCUT2D eigenvalue weighted by Gasteiger charge is -2.33. The van der Waals surface area contributed by atoms with Gasteiger partial charge in [-0.15, -0.1) is 0 Å². The first-order valence-electron chi connectivity index (χ1n) is 12.7. The summed E-state index contributed by atoms with van der Waals surface area (Å²) in [5.41, 5.74) is 3.88. The summed E-state index contributed by atoms with van der Waals surface area (Å²) >= 11 is 6.64. The van der Waals surface area contributed by atoms with Crippen LogP contribution < -0.4 is 15.4 Å². The monoisotopic (exact) mass is 529 g/mol. The summed E-state index contributed by atoms with van der Waals surface area (Å²) in [5.74, 6) is 2.45. The van der Waals surface area contributed by atoms with Crippen LogP contribution in [0, 0.1) is 20.8 Å². The zero-order valence-corrected chi connectivity index (χ0v) is 23.0. The molecule has 3 unspecified atom stereocenters. The number of nitrogens with zero attached hydrogens (tertiary/aromatic N) is 3. The molecule has 0 bridgehead atoms. The average Bonchev–Trinajstić information content (AvgIpc) is 3.17. The van der Waals surface area contributed by atoms with Crippen LogP contribution in [0.2, 0.25) is 5.02 Å². The Morgan fingerprint density at radius 3 is 2.54 bits per heavy atom. The molecule has 3 aromatic rings. The van der Waals surface area contributed by atoms with Crippen molar-refractivity contribution in [2.75, 3.05) is 25.5 Å². The molecule has 3 N–H and O–H groups in total. The summed E-state index contributed by atoms with van der Waals surface area (Å²) in [4.78, 5) is 9.87. The quantitative estimate of drug-likeness (QED) is 0.362. The zero-order chi connectivity index (χ0) is 26.7. The second-order valence-corrected chi connectivity index (χ2v) is 10.2. The highest BCUT2D eigenvalue weighted by molar-refractivity contribution is 6.33. The second-order valence-electron chi connectivity index (χ2n) is 9.80. The van der Waals surface area contributed by atoms with Crippen LogP contribution in [0.5, 0.6) is 5.75 Å². The minimum Gasteiger partial charge on any atom is -0.491 e. The molecule has 0 spiro atoms. The molecule has 10 heteroatoms. The predicted molar refractivity (Wildman–Crippen MR) is 144 cm³/mol. The number of benzene rings is 1. The highest BCUT2D eigenvalue weighted by atomic mass is 35.5. The molecule has 3 heterocycles. The van der Waals surface area contributed by atoms with Crippen molar-refractivity contribution in [2.24, 2.45) is 0 Å². The van der Waals surface area contributed by atoms with Crippen LogP contribution >= 0.6 is 11.6 Å². The third-order valence-corrected chi connectivity index (χ3v) is 6.84. The van der Waals surface area contributed by atoms with Crippen molar-refractivity contribution in [2.45, 2.75) is 71.8 Å². The predicted octanol–water partition coefficient (Wildman–Crippen LogP) is 4.70. The van der Waals surface area contributed by atoms with E-state index >= 15 is 0 Å². The molecule has 37 heavy (non-hydrogen) atoms. The standard InChI is InChI=1S/C27H36ClN5O4/c1-14-9-19(10-15(2)36-14)30-26-16(3)25(24-17(4)33-37-18(24)5)31-27(32-26)22-11-21(7-8-23(22)28)35-13-20(34)12-29-6/h7-8,11,14-15,19-20,29,34H,9-10,12-13H2,1-6H3,(H,30,31,32). The number of hydrogen-bond acceptors (Lipinski definition) is 9. The van der Waals surface area contributed by atoms with Gasteiger partial charge in [-0.1, -0.05) is 16.8 Å². The fourth-order valence-electron chi connectivity index (χ4n) is 4.81. The molecule has 1 saturated heterocycles.